The number of guanidine groups is 1. The van der Waals surface area contributed by atoms with Crippen molar-refractivity contribution in [1.82, 2.24) is 10.2 Å². The number of hydrogen-bond donors (Lipinski definition) is 1. The molecule has 1 saturated heterocycles. The van der Waals surface area contributed by atoms with Gasteiger partial charge in [0.25, 0.3) is 0 Å². The van der Waals surface area contributed by atoms with Crippen molar-refractivity contribution in [3.8, 4) is 11.5 Å². The van der Waals surface area contributed by atoms with Crippen LogP contribution in [0.2, 0.25) is 0 Å². The Morgan fingerprint density at radius 1 is 1.17 bits per heavy atom. The molecule has 8 heteroatoms. The largest absolute Gasteiger partial charge is 0.493 e. The van der Waals surface area contributed by atoms with Crippen LogP contribution in [0.15, 0.2) is 17.1 Å². The van der Waals surface area contributed by atoms with Gasteiger partial charge < -0.3 is 29.2 Å². The minimum atomic E-state index is 0. The first kappa shape index (κ1) is 24.0. The standard InChI is InChI=1S/C21H33N3O4.HI/c1-22-21(23-8-4-10-28-18-6-11-27-12-7-18)24-9-5-16-13-19(25-2)20(26-3)14-17(16)15-24;/h13-14,18H,4-12,15H2,1-3H3,(H,22,23);1H. The van der Waals surface area contributed by atoms with E-state index in [1.165, 1.54) is 11.1 Å². The Kier molecular flexibility index (Phi) is 10.3. The first-order valence-electron chi connectivity index (χ1n) is 10.1. The lowest BCUT2D eigenvalue weighted by Gasteiger charge is -2.32. The maximum atomic E-state index is 5.94. The summed E-state index contributed by atoms with van der Waals surface area (Å²) in [7, 11) is 5.19. The maximum absolute atomic E-state index is 5.94. The van der Waals surface area contributed by atoms with Crippen LogP contribution in [0.4, 0.5) is 0 Å². The van der Waals surface area contributed by atoms with Crippen molar-refractivity contribution >= 4 is 29.9 Å². The van der Waals surface area contributed by atoms with Crippen molar-refractivity contribution < 1.29 is 18.9 Å². The van der Waals surface area contributed by atoms with Gasteiger partial charge in [0, 0.05) is 46.5 Å². The molecule has 1 aromatic carbocycles. The minimum Gasteiger partial charge on any atom is -0.493 e. The van der Waals surface area contributed by atoms with Gasteiger partial charge in [0.2, 0.25) is 0 Å². The van der Waals surface area contributed by atoms with Crippen LogP contribution in [-0.2, 0) is 22.4 Å². The molecule has 164 valence electrons. The van der Waals surface area contributed by atoms with Crippen molar-refractivity contribution in [2.75, 3.05) is 54.2 Å². The van der Waals surface area contributed by atoms with Crippen LogP contribution in [0.25, 0.3) is 0 Å². The molecule has 0 bridgehead atoms. The quantitative estimate of drug-likeness (QED) is 0.259. The van der Waals surface area contributed by atoms with Crippen molar-refractivity contribution in [1.29, 1.82) is 0 Å². The van der Waals surface area contributed by atoms with E-state index in [4.69, 9.17) is 18.9 Å². The molecule has 1 N–H and O–H groups in total. The van der Waals surface area contributed by atoms with Crippen LogP contribution in [0.3, 0.4) is 0 Å². The van der Waals surface area contributed by atoms with Crippen molar-refractivity contribution in [2.24, 2.45) is 4.99 Å². The Bertz CT molecular complexity index is 666. The normalized spacial score (nSPS) is 17.3. The van der Waals surface area contributed by atoms with Gasteiger partial charge in [-0.15, -0.1) is 24.0 Å². The molecule has 7 nitrogen and oxygen atoms in total. The van der Waals surface area contributed by atoms with Crippen molar-refractivity contribution in [3.05, 3.63) is 23.3 Å². The van der Waals surface area contributed by atoms with E-state index in [2.05, 4.69) is 27.3 Å². The van der Waals surface area contributed by atoms with Gasteiger partial charge in [0.05, 0.1) is 20.3 Å². The maximum Gasteiger partial charge on any atom is 0.193 e. The predicted molar refractivity (Wildman–Crippen MR) is 125 cm³/mol. The van der Waals surface area contributed by atoms with E-state index >= 15 is 0 Å². The SMILES string of the molecule is CN=C(NCCCOC1CCOCC1)N1CCc2cc(OC)c(OC)cc2C1.I. The van der Waals surface area contributed by atoms with E-state index in [9.17, 15) is 0 Å². The zero-order chi connectivity index (χ0) is 19.8. The van der Waals surface area contributed by atoms with E-state index in [0.29, 0.717) is 6.10 Å². The highest BCUT2D eigenvalue weighted by atomic mass is 127. The van der Waals surface area contributed by atoms with E-state index < -0.39 is 0 Å². The highest BCUT2D eigenvalue weighted by molar-refractivity contribution is 14.0. The Morgan fingerprint density at radius 2 is 1.86 bits per heavy atom. The topological polar surface area (TPSA) is 64.6 Å². The number of fused-ring (bicyclic) bond motifs is 1. The summed E-state index contributed by atoms with van der Waals surface area (Å²) in [6.07, 6.45) is 4.31. The number of nitrogens with zero attached hydrogens (tertiary/aromatic N) is 2. The second kappa shape index (κ2) is 12.4. The number of benzene rings is 1. The van der Waals surface area contributed by atoms with Gasteiger partial charge in [0.15, 0.2) is 17.5 Å². The number of halogens is 1. The van der Waals surface area contributed by atoms with Crippen LogP contribution in [0.5, 0.6) is 11.5 Å². The van der Waals surface area contributed by atoms with E-state index in [0.717, 1.165) is 82.6 Å². The lowest BCUT2D eigenvalue weighted by molar-refractivity contribution is -0.0320. The Hall–Kier alpha value is -1.26. The third kappa shape index (κ3) is 6.62. The molecule has 2 aliphatic rings. The van der Waals surface area contributed by atoms with Gasteiger partial charge in [0.1, 0.15) is 0 Å². The molecule has 0 amide bonds. The second-order valence-corrected chi connectivity index (χ2v) is 7.16. The molecule has 0 radical (unpaired) electrons. The molecule has 2 aliphatic heterocycles. The molecule has 0 atom stereocenters. The second-order valence-electron chi connectivity index (χ2n) is 7.16. The Labute approximate surface area is 191 Å². The molecular formula is C21H34IN3O4. The number of aliphatic imine (C=N–C) groups is 1. The third-order valence-corrected chi connectivity index (χ3v) is 5.36. The number of hydrogen-bond acceptors (Lipinski definition) is 5. The minimum absolute atomic E-state index is 0. The Morgan fingerprint density at radius 3 is 2.52 bits per heavy atom. The number of methoxy groups -OCH3 is 2. The highest BCUT2D eigenvalue weighted by Crippen LogP contribution is 2.33. The smallest absolute Gasteiger partial charge is 0.193 e. The molecule has 29 heavy (non-hydrogen) atoms. The summed E-state index contributed by atoms with van der Waals surface area (Å²) < 4.78 is 22.2. The van der Waals surface area contributed by atoms with Crippen LogP contribution in [0, 0.1) is 0 Å². The summed E-state index contributed by atoms with van der Waals surface area (Å²) in [5.74, 6) is 2.50. The van der Waals surface area contributed by atoms with E-state index in [1.54, 1.807) is 14.2 Å². The van der Waals surface area contributed by atoms with Crippen molar-refractivity contribution in [2.45, 2.75) is 38.3 Å². The first-order chi connectivity index (χ1) is 13.7. The summed E-state index contributed by atoms with van der Waals surface area (Å²) in [5.41, 5.74) is 2.57. The lowest BCUT2D eigenvalue weighted by atomic mass is 9.99. The fourth-order valence-corrected chi connectivity index (χ4v) is 3.76. The molecule has 0 unspecified atom stereocenters. The molecule has 1 fully saturated rings. The molecule has 0 spiro atoms. The third-order valence-electron chi connectivity index (χ3n) is 5.36. The zero-order valence-electron chi connectivity index (χ0n) is 17.7. The van der Waals surface area contributed by atoms with Gasteiger partial charge >= 0.3 is 0 Å². The van der Waals surface area contributed by atoms with Gasteiger partial charge in [-0.1, -0.05) is 0 Å². The lowest BCUT2D eigenvalue weighted by Crippen LogP contribution is -2.44. The molecule has 3 rings (SSSR count). The van der Waals surface area contributed by atoms with Crippen LogP contribution >= 0.6 is 24.0 Å². The first-order valence-corrected chi connectivity index (χ1v) is 10.1. The van der Waals surface area contributed by atoms with Gasteiger partial charge in [-0.05, 0) is 48.9 Å². The molecule has 0 aliphatic carbocycles. The summed E-state index contributed by atoms with van der Waals surface area (Å²) in [4.78, 5) is 6.75. The molecule has 2 heterocycles. The Balaban J connectivity index is 0.00000300. The van der Waals surface area contributed by atoms with Gasteiger partial charge in [-0.2, -0.15) is 0 Å². The van der Waals surface area contributed by atoms with E-state index in [-0.39, 0.29) is 24.0 Å². The van der Waals surface area contributed by atoms with Crippen LogP contribution in [0.1, 0.15) is 30.4 Å². The molecule has 0 aromatic heterocycles. The number of nitrogens with one attached hydrogen (secondary N) is 1. The summed E-state index contributed by atoms with van der Waals surface area (Å²) in [5, 5.41) is 3.47. The van der Waals surface area contributed by atoms with Gasteiger partial charge in [-0.25, -0.2) is 0 Å². The summed E-state index contributed by atoms with van der Waals surface area (Å²) >= 11 is 0. The number of rotatable bonds is 7. The van der Waals surface area contributed by atoms with Crippen LogP contribution < -0.4 is 14.8 Å². The van der Waals surface area contributed by atoms with Gasteiger partial charge in [-0.3, -0.25) is 4.99 Å². The summed E-state index contributed by atoms with van der Waals surface area (Å²) in [6.45, 7) is 5.01. The molecule has 1 aromatic rings. The van der Waals surface area contributed by atoms with E-state index in [1.807, 2.05) is 7.05 Å². The molecule has 0 saturated carbocycles. The fraction of sp³-hybridized carbons (Fsp3) is 0.667. The summed E-state index contributed by atoms with van der Waals surface area (Å²) in [6, 6.07) is 4.17. The average molecular weight is 519 g/mol. The predicted octanol–water partition coefficient (Wildman–Crippen LogP) is 2.84. The average Bonchev–Trinajstić information content (AvgIpc) is 2.75. The number of ether oxygens (including phenoxy) is 4. The van der Waals surface area contributed by atoms with Crippen LogP contribution in [-0.4, -0.2) is 71.1 Å². The monoisotopic (exact) mass is 519 g/mol. The fourth-order valence-electron chi connectivity index (χ4n) is 3.76. The van der Waals surface area contributed by atoms with Crippen molar-refractivity contribution in [3.63, 3.8) is 0 Å². The zero-order valence-corrected chi connectivity index (χ0v) is 20.1. The highest BCUT2D eigenvalue weighted by Gasteiger charge is 2.21. The molecular weight excluding hydrogens is 485 g/mol.